The van der Waals surface area contributed by atoms with Crippen molar-refractivity contribution in [2.75, 3.05) is 11.1 Å². The third kappa shape index (κ3) is 4.77. The van der Waals surface area contributed by atoms with Gasteiger partial charge in [0.2, 0.25) is 11.0 Å². The van der Waals surface area contributed by atoms with E-state index in [0.29, 0.717) is 22.9 Å². The number of thioether (sulfide) groups is 1. The van der Waals surface area contributed by atoms with Gasteiger partial charge in [0, 0.05) is 17.9 Å². The monoisotopic (exact) mass is 373 g/mol. The molecule has 1 aliphatic carbocycles. The molecule has 0 spiro atoms. The molecule has 0 atom stereocenters. The van der Waals surface area contributed by atoms with E-state index >= 15 is 0 Å². The Kier molecular flexibility index (Phi) is 6.00. The van der Waals surface area contributed by atoms with Gasteiger partial charge < -0.3 is 5.32 Å². The number of rotatable bonds is 5. The Bertz CT molecular complexity index is 812. The van der Waals surface area contributed by atoms with Crippen LogP contribution in [0, 0.1) is 18.3 Å². The summed E-state index contributed by atoms with van der Waals surface area (Å²) >= 11 is 2.82. The number of fused-ring (bicyclic) bond motifs is 1. The predicted molar refractivity (Wildman–Crippen MR) is 98.8 cm³/mol. The summed E-state index contributed by atoms with van der Waals surface area (Å²) in [5.41, 5.74) is 2.95. The van der Waals surface area contributed by atoms with Crippen molar-refractivity contribution < 1.29 is 4.79 Å². The van der Waals surface area contributed by atoms with Crippen LogP contribution in [0.1, 0.15) is 47.5 Å². The normalized spacial score (nSPS) is 13.6. The first-order chi connectivity index (χ1) is 12.2. The molecular formula is C17H19N5OS2. The second kappa shape index (κ2) is 8.41. The van der Waals surface area contributed by atoms with Crippen molar-refractivity contribution in [3.05, 3.63) is 27.9 Å². The molecule has 0 aliphatic heterocycles. The van der Waals surface area contributed by atoms with Crippen LogP contribution in [0.3, 0.4) is 0 Å². The number of pyridine rings is 1. The second-order valence-electron chi connectivity index (χ2n) is 5.89. The number of hydrogen-bond acceptors (Lipinski definition) is 7. The minimum atomic E-state index is -0.100. The lowest BCUT2D eigenvalue weighted by Crippen LogP contribution is -2.12. The summed E-state index contributed by atoms with van der Waals surface area (Å²) in [6.45, 7) is 1.84. The van der Waals surface area contributed by atoms with Crippen LogP contribution in [0.2, 0.25) is 0 Å². The number of nitrogens with zero attached hydrogens (tertiary/aromatic N) is 4. The van der Waals surface area contributed by atoms with Crippen LogP contribution in [-0.2, 0) is 17.6 Å². The predicted octanol–water partition coefficient (Wildman–Crippen LogP) is 3.50. The molecule has 2 aromatic heterocycles. The lowest BCUT2D eigenvalue weighted by Gasteiger charge is -2.09. The SMILES string of the molecule is Cc1nnc(NC(=O)CCSc2nc3c(cc2C#N)CCCCC3)s1. The molecular weight excluding hydrogens is 354 g/mol. The fraction of sp³-hybridized carbons (Fsp3) is 0.471. The molecule has 0 unspecified atom stereocenters. The molecule has 130 valence electrons. The highest BCUT2D eigenvalue weighted by Crippen LogP contribution is 2.27. The Morgan fingerprint density at radius 2 is 2.20 bits per heavy atom. The minimum Gasteiger partial charge on any atom is -0.301 e. The number of amides is 1. The molecule has 6 nitrogen and oxygen atoms in total. The van der Waals surface area contributed by atoms with Gasteiger partial charge in [0.15, 0.2) is 0 Å². The number of nitrogens with one attached hydrogen (secondary N) is 1. The number of nitriles is 1. The van der Waals surface area contributed by atoms with E-state index < -0.39 is 0 Å². The molecule has 3 rings (SSSR count). The first-order valence-corrected chi connectivity index (χ1v) is 10.1. The number of anilines is 1. The number of carbonyl (C=O) groups is 1. The number of aryl methyl sites for hydroxylation is 3. The van der Waals surface area contributed by atoms with Gasteiger partial charge in [-0.05, 0) is 44.2 Å². The van der Waals surface area contributed by atoms with Crippen LogP contribution in [0.25, 0.3) is 0 Å². The van der Waals surface area contributed by atoms with E-state index in [-0.39, 0.29) is 5.91 Å². The molecule has 0 radical (unpaired) electrons. The van der Waals surface area contributed by atoms with Crippen molar-refractivity contribution in [2.24, 2.45) is 0 Å². The van der Waals surface area contributed by atoms with Gasteiger partial charge in [-0.3, -0.25) is 4.79 Å². The average molecular weight is 374 g/mol. The van der Waals surface area contributed by atoms with E-state index in [4.69, 9.17) is 4.98 Å². The summed E-state index contributed by atoms with van der Waals surface area (Å²) in [6, 6.07) is 4.23. The quantitative estimate of drug-likeness (QED) is 0.637. The van der Waals surface area contributed by atoms with E-state index in [1.807, 2.05) is 13.0 Å². The fourth-order valence-corrected chi connectivity index (χ4v) is 4.27. The van der Waals surface area contributed by atoms with Crippen molar-refractivity contribution in [2.45, 2.75) is 50.5 Å². The summed E-state index contributed by atoms with van der Waals surface area (Å²) in [6.07, 6.45) is 5.85. The Balaban J connectivity index is 1.59. The van der Waals surface area contributed by atoms with Crippen LogP contribution in [0.15, 0.2) is 11.1 Å². The lowest BCUT2D eigenvalue weighted by molar-refractivity contribution is -0.115. The molecule has 0 fully saturated rings. The molecule has 2 aromatic rings. The average Bonchev–Trinajstić information content (AvgIpc) is 2.87. The van der Waals surface area contributed by atoms with Crippen molar-refractivity contribution in [3.8, 4) is 6.07 Å². The van der Waals surface area contributed by atoms with Gasteiger partial charge >= 0.3 is 0 Å². The van der Waals surface area contributed by atoms with Crippen LogP contribution in [0.5, 0.6) is 0 Å². The van der Waals surface area contributed by atoms with Crippen molar-refractivity contribution in [1.82, 2.24) is 15.2 Å². The van der Waals surface area contributed by atoms with Crippen molar-refractivity contribution in [1.29, 1.82) is 5.26 Å². The maximum absolute atomic E-state index is 12.0. The molecule has 0 saturated carbocycles. The first kappa shape index (κ1) is 17.8. The van der Waals surface area contributed by atoms with Crippen LogP contribution < -0.4 is 5.32 Å². The van der Waals surface area contributed by atoms with Gasteiger partial charge in [-0.25, -0.2) is 4.98 Å². The summed E-state index contributed by atoms with van der Waals surface area (Å²) in [5.74, 6) is 0.473. The van der Waals surface area contributed by atoms with Gasteiger partial charge in [-0.2, -0.15) is 5.26 Å². The number of hydrogen-bond donors (Lipinski definition) is 1. The Morgan fingerprint density at radius 1 is 1.36 bits per heavy atom. The van der Waals surface area contributed by atoms with Crippen molar-refractivity contribution >= 4 is 34.1 Å². The summed E-state index contributed by atoms with van der Waals surface area (Å²) < 4.78 is 0. The second-order valence-corrected chi connectivity index (χ2v) is 8.16. The third-order valence-electron chi connectivity index (χ3n) is 3.98. The topological polar surface area (TPSA) is 91.6 Å². The molecule has 2 heterocycles. The Hall–Kier alpha value is -1.98. The minimum absolute atomic E-state index is 0.100. The molecule has 1 aliphatic rings. The Morgan fingerprint density at radius 3 is 2.96 bits per heavy atom. The van der Waals surface area contributed by atoms with Crippen LogP contribution in [-0.4, -0.2) is 26.8 Å². The molecule has 0 aromatic carbocycles. The Labute approximate surface area is 155 Å². The molecule has 0 bridgehead atoms. The largest absolute Gasteiger partial charge is 0.301 e. The number of carbonyl (C=O) groups excluding carboxylic acids is 1. The molecule has 0 saturated heterocycles. The highest BCUT2D eigenvalue weighted by Gasteiger charge is 2.15. The molecule has 25 heavy (non-hydrogen) atoms. The van der Waals surface area contributed by atoms with Crippen LogP contribution in [0.4, 0.5) is 5.13 Å². The molecule has 8 heteroatoms. The van der Waals surface area contributed by atoms with Gasteiger partial charge in [0.1, 0.15) is 16.1 Å². The third-order valence-corrected chi connectivity index (χ3v) is 5.72. The number of aromatic nitrogens is 3. The summed E-state index contributed by atoms with van der Waals surface area (Å²) in [5, 5.41) is 22.0. The molecule has 1 N–H and O–H groups in total. The van der Waals surface area contributed by atoms with Gasteiger partial charge in [0.25, 0.3) is 0 Å². The van der Waals surface area contributed by atoms with Gasteiger partial charge in [-0.15, -0.1) is 22.0 Å². The van der Waals surface area contributed by atoms with E-state index in [0.717, 1.165) is 41.4 Å². The van der Waals surface area contributed by atoms with Gasteiger partial charge in [0.05, 0.1) is 5.56 Å². The zero-order chi connectivity index (χ0) is 17.6. The summed E-state index contributed by atoms with van der Waals surface area (Å²) in [7, 11) is 0. The smallest absolute Gasteiger partial charge is 0.227 e. The standard InChI is InChI=1S/C17H19N5OS2/c1-11-21-22-17(25-11)20-15(23)7-8-24-16-13(10-18)9-12-5-3-2-4-6-14(12)19-16/h9H,2-8H2,1H3,(H,20,22,23). The first-order valence-electron chi connectivity index (χ1n) is 8.31. The van der Waals surface area contributed by atoms with E-state index in [1.165, 1.54) is 35.1 Å². The van der Waals surface area contributed by atoms with E-state index in [1.54, 1.807) is 0 Å². The zero-order valence-electron chi connectivity index (χ0n) is 14.0. The van der Waals surface area contributed by atoms with E-state index in [9.17, 15) is 10.1 Å². The maximum Gasteiger partial charge on any atom is 0.227 e. The lowest BCUT2D eigenvalue weighted by atomic mass is 10.1. The zero-order valence-corrected chi connectivity index (χ0v) is 15.7. The highest BCUT2D eigenvalue weighted by atomic mass is 32.2. The fourth-order valence-electron chi connectivity index (χ4n) is 2.75. The van der Waals surface area contributed by atoms with Gasteiger partial charge in [-0.1, -0.05) is 17.8 Å². The van der Waals surface area contributed by atoms with E-state index in [2.05, 4.69) is 21.6 Å². The van der Waals surface area contributed by atoms with Crippen molar-refractivity contribution in [3.63, 3.8) is 0 Å². The summed E-state index contributed by atoms with van der Waals surface area (Å²) in [4.78, 5) is 16.7. The molecule has 1 amide bonds. The van der Waals surface area contributed by atoms with Crippen LogP contribution >= 0.6 is 23.1 Å². The highest BCUT2D eigenvalue weighted by molar-refractivity contribution is 7.99. The maximum atomic E-state index is 12.0.